The molecule has 1 aromatic heterocycles. The lowest BCUT2D eigenvalue weighted by atomic mass is 10.1. The van der Waals surface area contributed by atoms with Gasteiger partial charge in [-0.2, -0.15) is 4.79 Å². The summed E-state index contributed by atoms with van der Waals surface area (Å²) in [7, 11) is 0. The Labute approximate surface area is 165 Å². The Morgan fingerprint density at radius 3 is 2.55 bits per heavy atom. The van der Waals surface area contributed by atoms with Crippen LogP contribution in [0.25, 0.3) is 21.8 Å². The first kappa shape index (κ1) is 16.9. The number of hydrogen-bond donors (Lipinski definition) is 2. The fourth-order valence-corrected chi connectivity index (χ4v) is 3.17. The van der Waals surface area contributed by atoms with Crippen LogP contribution in [0.15, 0.2) is 95.2 Å². The first-order valence-corrected chi connectivity index (χ1v) is 9.08. The molecule has 0 bridgehead atoms. The summed E-state index contributed by atoms with van der Waals surface area (Å²) in [6.07, 6.45) is 0. The molecule has 5 aromatic rings. The number of phenolic OH excluding ortho intramolecular Hbond substituents is 1. The molecule has 1 heterocycles. The van der Waals surface area contributed by atoms with Crippen LogP contribution in [-0.4, -0.2) is 20.2 Å². The molecule has 0 fully saturated rings. The van der Waals surface area contributed by atoms with Gasteiger partial charge in [0.2, 0.25) is 0 Å². The van der Waals surface area contributed by atoms with Crippen molar-refractivity contribution in [1.29, 1.82) is 0 Å². The van der Waals surface area contributed by atoms with Crippen LogP contribution in [0.4, 0.5) is 17.1 Å². The Hall–Kier alpha value is -4.26. The van der Waals surface area contributed by atoms with E-state index >= 15 is 0 Å². The number of phenols is 1. The second-order valence-electron chi connectivity index (χ2n) is 6.47. The van der Waals surface area contributed by atoms with Crippen LogP contribution in [0.1, 0.15) is 0 Å². The summed E-state index contributed by atoms with van der Waals surface area (Å²) in [5.74, 6) is 0.0835. The highest BCUT2D eigenvalue weighted by Crippen LogP contribution is 2.37. The quantitative estimate of drug-likeness (QED) is 0.398. The highest BCUT2D eigenvalue weighted by atomic mass is 16.3. The van der Waals surface area contributed by atoms with Crippen LogP contribution in [0.5, 0.6) is 5.75 Å². The van der Waals surface area contributed by atoms with Crippen molar-refractivity contribution in [3.05, 3.63) is 84.9 Å². The van der Waals surface area contributed by atoms with Gasteiger partial charge < -0.3 is 5.11 Å². The van der Waals surface area contributed by atoms with Gasteiger partial charge in [-0.1, -0.05) is 54.6 Å². The third-order valence-corrected chi connectivity index (χ3v) is 4.62. The van der Waals surface area contributed by atoms with Crippen molar-refractivity contribution in [2.45, 2.75) is 0 Å². The molecule has 0 aliphatic carbocycles. The maximum Gasteiger partial charge on any atom is 0.143 e. The molecule has 29 heavy (non-hydrogen) atoms. The number of benzene rings is 4. The van der Waals surface area contributed by atoms with Gasteiger partial charge in [-0.15, -0.1) is 15.3 Å². The Morgan fingerprint density at radius 2 is 1.59 bits per heavy atom. The van der Waals surface area contributed by atoms with Crippen LogP contribution in [0.3, 0.4) is 0 Å². The molecule has 0 saturated carbocycles. The molecule has 2 N–H and O–H groups in total. The topological polar surface area (TPSA) is 87.7 Å². The predicted octanol–water partition coefficient (Wildman–Crippen LogP) is 5.58. The summed E-state index contributed by atoms with van der Waals surface area (Å²) in [6, 6.07) is 26.4. The van der Waals surface area contributed by atoms with E-state index in [1.165, 1.54) is 0 Å². The Morgan fingerprint density at radius 1 is 0.793 bits per heavy atom. The number of nitrogens with zero attached hydrogens (tertiary/aromatic N) is 5. The van der Waals surface area contributed by atoms with Gasteiger partial charge in [-0.3, -0.25) is 5.43 Å². The molecule has 7 heteroatoms. The van der Waals surface area contributed by atoms with Gasteiger partial charge >= 0.3 is 0 Å². The highest BCUT2D eigenvalue weighted by Gasteiger charge is 2.08. The van der Waals surface area contributed by atoms with Crippen molar-refractivity contribution >= 4 is 38.9 Å². The van der Waals surface area contributed by atoms with Crippen LogP contribution >= 0.6 is 0 Å². The van der Waals surface area contributed by atoms with Gasteiger partial charge in [0.15, 0.2) is 0 Å². The molecule has 0 aliphatic heterocycles. The molecule has 0 unspecified atom stereocenters. The zero-order valence-electron chi connectivity index (χ0n) is 15.3. The largest absolute Gasteiger partial charge is 0.506 e. The van der Waals surface area contributed by atoms with E-state index in [9.17, 15) is 5.11 Å². The summed E-state index contributed by atoms with van der Waals surface area (Å²) in [4.78, 5) is 1.60. The lowest BCUT2D eigenvalue weighted by molar-refractivity contribution is 0.477. The molecular formula is C22H16N6O. The minimum atomic E-state index is 0.0835. The number of azo groups is 1. The van der Waals surface area contributed by atoms with Crippen molar-refractivity contribution in [2.24, 2.45) is 10.2 Å². The lowest BCUT2D eigenvalue weighted by Gasteiger charge is -2.09. The number of para-hydroxylation sites is 2. The van der Waals surface area contributed by atoms with E-state index in [1.807, 2.05) is 78.9 Å². The molecule has 0 spiro atoms. The maximum atomic E-state index is 10.3. The number of aromatic hydroxyl groups is 1. The van der Waals surface area contributed by atoms with Crippen LogP contribution in [0.2, 0.25) is 0 Å². The zero-order valence-corrected chi connectivity index (χ0v) is 15.3. The van der Waals surface area contributed by atoms with Gasteiger partial charge in [0.25, 0.3) is 0 Å². The third-order valence-electron chi connectivity index (χ3n) is 4.62. The number of rotatable bonds is 4. The molecule has 7 nitrogen and oxygen atoms in total. The maximum absolute atomic E-state index is 10.3. The molecule has 140 valence electrons. The molecule has 4 aromatic carbocycles. The second-order valence-corrected chi connectivity index (χ2v) is 6.47. The van der Waals surface area contributed by atoms with Crippen molar-refractivity contribution in [3.63, 3.8) is 0 Å². The Kier molecular flexibility index (Phi) is 4.10. The fraction of sp³-hybridized carbons (Fsp3) is 0. The normalized spacial score (nSPS) is 11.4. The first-order valence-electron chi connectivity index (χ1n) is 9.08. The molecule has 0 atom stereocenters. The minimum Gasteiger partial charge on any atom is -0.506 e. The first-order chi connectivity index (χ1) is 14.3. The Bertz CT molecular complexity index is 1360. The van der Waals surface area contributed by atoms with Gasteiger partial charge in [0, 0.05) is 5.39 Å². The van der Waals surface area contributed by atoms with Gasteiger partial charge in [-0.25, -0.2) is 0 Å². The average molecular weight is 380 g/mol. The van der Waals surface area contributed by atoms with Gasteiger partial charge in [-0.05, 0) is 40.9 Å². The average Bonchev–Trinajstić information content (AvgIpc) is 3.17. The Balaban J connectivity index is 1.53. The van der Waals surface area contributed by atoms with Crippen LogP contribution < -0.4 is 5.43 Å². The number of nitrogens with one attached hydrogen (secondary N) is 1. The molecule has 0 amide bonds. The second kappa shape index (κ2) is 7.05. The molecular weight excluding hydrogens is 364 g/mol. The van der Waals surface area contributed by atoms with E-state index in [2.05, 4.69) is 26.0 Å². The SMILES string of the molecule is Oc1ccc2ccccc2c1N=Nc1ccccc1Nn1nnc2ccccc21. The number of hydrogen-bond acceptors (Lipinski definition) is 6. The molecule has 0 saturated heterocycles. The standard InChI is InChI=1S/C22H16N6O/c29-21-14-13-15-7-1-2-8-16(15)22(21)25-23-17-9-3-4-10-18(17)26-28-20-12-6-5-11-19(20)24-27-28/h1-14,26,29H. The minimum absolute atomic E-state index is 0.0835. The number of fused-ring (bicyclic) bond motifs is 2. The number of anilines is 1. The van der Waals surface area contributed by atoms with Crippen LogP contribution in [0, 0.1) is 0 Å². The van der Waals surface area contributed by atoms with E-state index in [1.54, 1.807) is 10.9 Å². The van der Waals surface area contributed by atoms with Crippen molar-refractivity contribution < 1.29 is 5.11 Å². The summed E-state index contributed by atoms with van der Waals surface area (Å²) in [5.41, 5.74) is 6.61. The third kappa shape index (κ3) is 3.14. The smallest absolute Gasteiger partial charge is 0.143 e. The van der Waals surface area contributed by atoms with Gasteiger partial charge in [0.1, 0.15) is 28.2 Å². The van der Waals surface area contributed by atoms with Crippen molar-refractivity contribution in [1.82, 2.24) is 15.1 Å². The van der Waals surface area contributed by atoms with E-state index in [0.717, 1.165) is 21.8 Å². The summed E-state index contributed by atoms with van der Waals surface area (Å²) in [5, 5.41) is 29.1. The zero-order chi connectivity index (χ0) is 19.6. The monoisotopic (exact) mass is 380 g/mol. The van der Waals surface area contributed by atoms with Crippen LogP contribution in [-0.2, 0) is 0 Å². The molecule has 0 aliphatic rings. The summed E-state index contributed by atoms with van der Waals surface area (Å²) >= 11 is 0. The summed E-state index contributed by atoms with van der Waals surface area (Å²) in [6.45, 7) is 0. The van der Waals surface area contributed by atoms with Crippen molar-refractivity contribution in [3.8, 4) is 5.75 Å². The van der Waals surface area contributed by atoms with Gasteiger partial charge in [0.05, 0.1) is 5.69 Å². The van der Waals surface area contributed by atoms with E-state index in [0.29, 0.717) is 17.1 Å². The molecule has 0 radical (unpaired) electrons. The van der Waals surface area contributed by atoms with E-state index < -0.39 is 0 Å². The van der Waals surface area contributed by atoms with Crippen molar-refractivity contribution in [2.75, 3.05) is 5.43 Å². The van der Waals surface area contributed by atoms with E-state index in [-0.39, 0.29) is 5.75 Å². The van der Waals surface area contributed by atoms with E-state index in [4.69, 9.17) is 0 Å². The predicted molar refractivity (Wildman–Crippen MR) is 113 cm³/mol. The highest BCUT2D eigenvalue weighted by molar-refractivity contribution is 5.95. The summed E-state index contributed by atoms with van der Waals surface area (Å²) < 4.78 is 0. The fourth-order valence-electron chi connectivity index (χ4n) is 3.17. The number of aromatic nitrogens is 3. The molecule has 5 rings (SSSR count). The lowest BCUT2D eigenvalue weighted by Crippen LogP contribution is -2.10.